The monoisotopic (exact) mass is 425 g/mol. The molecule has 0 amide bonds. The van der Waals surface area contributed by atoms with E-state index in [2.05, 4.69) is 39.9 Å². The van der Waals surface area contributed by atoms with Gasteiger partial charge in [0.05, 0.1) is 7.11 Å². The van der Waals surface area contributed by atoms with Crippen molar-refractivity contribution >= 4 is 29.9 Å². The van der Waals surface area contributed by atoms with Crippen molar-refractivity contribution in [3.8, 4) is 5.75 Å². The molecule has 0 radical (unpaired) electrons. The fraction of sp³-hybridized carbons (Fsp3) is 0.278. The van der Waals surface area contributed by atoms with Gasteiger partial charge in [-0.25, -0.2) is 0 Å². The molecule has 0 saturated carbocycles. The SMILES string of the molecule is CN=C(NCCc1ccccc1)NCc1ccccc1OC.I. The molecule has 0 aliphatic rings. The molecule has 2 aromatic carbocycles. The second kappa shape index (κ2) is 10.9. The average molecular weight is 425 g/mol. The number of hydrogen-bond donors (Lipinski definition) is 2. The summed E-state index contributed by atoms with van der Waals surface area (Å²) in [4.78, 5) is 4.24. The van der Waals surface area contributed by atoms with Crippen molar-refractivity contribution in [2.75, 3.05) is 20.7 Å². The van der Waals surface area contributed by atoms with Gasteiger partial charge >= 0.3 is 0 Å². The van der Waals surface area contributed by atoms with E-state index in [9.17, 15) is 0 Å². The largest absolute Gasteiger partial charge is 0.496 e. The Hall–Kier alpha value is -1.76. The number of rotatable bonds is 6. The minimum absolute atomic E-state index is 0. The molecule has 2 N–H and O–H groups in total. The molecule has 0 aromatic heterocycles. The summed E-state index contributed by atoms with van der Waals surface area (Å²) in [6.07, 6.45) is 0.968. The van der Waals surface area contributed by atoms with Crippen molar-refractivity contribution in [1.29, 1.82) is 0 Å². The van der Waals surface area contributed by atoms with Crippen molar-refractivity contribution in [2.24, 2.45) is 4.99 Å². The van der Waals surface area contributed by atoms with Gasteiger partial charge in [0, 0.05) is 25.7 Å². The zero-order chi connectivity index (χ0) is 15.6. The Kier molecular flexibility index (Phi) is 9.12. The third kappa shape index (κ3) is 6.48. The summed E-state index contributed by atoms with van der Waals surface area (Å²) in [5.74, 6) is 1.68. The van der Waals surface area contributed by atoms with Crippen LogP contribution in [0.1, 0.15) is 11.1 Å². The highest BCUT2D eigenvalue weighted by Crippen LogP contribution is 2.16. The molecule has 4 nitrogen and oxygen atoms in total. The normalized spacial score (nSPS) is 10.6. The number of benzene rings is 2. The molecular formula is C18H24IN3O. The second-order valence-electron chi connectivity index (χ2n) is 4.90. The Morgan fingerprint density at radius 1 is 1.00 bits per heavy atom. The first kappa shape index (κ1) is 19.3. The Bertz CT molecular complexity index is 602. The highest BCUT2D eigenvalue weighted by atomic mass is 127. The van der Waals surface area contributed by atoms with Gasteiger partial charge in [0.15, 0.2) is 5.96 Å². The number of methoxy groups -OCH3 is 1. The van der Waals surface area contributed by atoms with Gasteiger partial charge in [-0.3, -0.25) is 4.99 Å². The molecule has 2 rings (SSSR count). The first-order valence-electron chi connectivity index (χ1n) is 7.44. The summed E-state index contributed by atoms with van der Waals surface area (Å²) < 4.78 is 5.35. The van der Waals surface area contributed by atoms with E-state index in [1.807, 2.05) is 30.3 Å². The fourth-order valence-corrected chi connectivity index (χ4v) is 2.22. The van der Waals surface area contributed by atoms with Crippen molar-refractivity contribution < 1.29 is 4.74 Å². The first-order valence-corrected chi connectivity index (χ1v) is 7.44. The highest BCUT2D eigenvalue weighted by Gasteiger charge is 2.03. The van der Waals surface area contributed by atoms with E-state index < -0.39 is 0 Å². The predicted molar refractivity (Wildman–Crippen MR) is 107 cm³/mol. The van der Waals surface area contributed by atoms with Gasteiger partial charge in [0.1, 0.15) is 5.75 Å². The Balaban J connectivity index is 0.00000264. The van der Waals surface area contributed by atoms with Crippen LogP contribution in [0.2, 0.25) is 0 Å². The van der Waals surface area contributed by atoms with Crippen LogP contribution >= 0.6 is 24.0 Å². The maximum atomic E-state index is 5.35. The summed E-state index contributed by atoms with van der Waals surface area (Å²) in [5.41, 5.74) is 2.42. The van der Waals surface area contributed by atoms with Crippen molar-refractivity contribution in [3.05, 3.63) is 65.7 Å². The van der Waals surface area contributed by atoms with E-state index in [4.69, 9.17) is 4.74 Å². The van der Waals surface area contributed by atoms with Crippen LogP contribution in [0, 0.1) is 0 Å². The molecule has 0 aliphatic carbocycles. The highest BCUT2D eigenvalue weighted by molar-refractivity contribution is 14.0. The number of aliphatic imine (C=N–C) groups is 1. The number of hydrogen-bond acceptors (Lipinski definition) is 2. The molecule has 0 heterocycles. The lowest BCUT2D eigenvalue weighted by atomic mass is 10.1. The quantitative estimate of drug-likeness (QED) is 0.425. The minimum atomic E-state index is 0. The van der Waals surface area contributed by atoms with Crippen LogP contribution in [0.25, 0.3) is 0 Å². The molecule has 0 fully saturated rings. The fourth-order valence-electron chi connectivity index (χ4n) is 2.22. The zero-order valence-electron chi connectivity index (χ0n) is 13.6. The van der Waals surface area contributed by atoms with Crippen molar-refractivity contribution in [2.45, 2.75) is 13.0 Å². The molecule has 5 heteroatoms. The zero-order valence-corrected chi connectivity index (χ0v) is 15.9. The van der Waals surface area contributed by atoms with Gasteiger partial charge in [-0.1, -0.05) is 48.5 Å². The lowest BCUT2D eigenvalue weighted by Crippen LogP contribution is -2.37. The van der Waals surface area contributed by atoms with E-state index >= 15 is 0 Å². The first-order chi connectivity index (χ1) is 10.8. The molecule has 124 valence electrons. The molecule has 0 spiro atoms. The van der Waals surface area contributed by atoms with Crippen molar-refractivity contribution in [1.82, 2.24) is 10.6 Å². The van der Waals surface area contributed by atoms with E-state index in [1.165, 1.54) is 5.56 Å². The Morgan fingerprint density at radius 2 is 1.70 bits per heavy atom. The Labute approximate surface area is 155 Å². The lowest BCUT2D eigenvalue weighted by molar-refractivity contribution is 0.409. The predicted octanol–water partition coefficient (Wildman–Crippen LogP) is 3.22. The van der Waals surface area contributed by atoms with E-state index in [0.717, 1.165) is 30.2 Å². The topological polar surface area (TPSA) is 45.7 Å². The summed E-state index contributed by atoms with van der Waals surface area (Å²) in [7, 11) is 3.46. The van der Waals surface area contributed by atoms with Gasteiger partial charge < -0.3 is 15.4 Å². The number of nitrogens with zero attached hydrogens (tertiary/aromatic N) is 1. The van der Waals surface area contributed by atoms with Crippen LogP contribution in [-0.2, 0) is 13.0 Å². The third-order valence-corrected chi connectivity index (χ3v) is 3.41. The Morgan fingerprint density at radius 3 is 2.39 bits per heavy atom. The van der Waals surface area contributed by atoms with Gasteiger partial charge in [-0.15, -0.1) is 24.0 Å². The van der Waals surface area contributed by atoms with Crippen LogP contribution in [0.5, 0.6) is 5.75 Å². The van der Waals surface area contributed by atoms with Gasteiger partial charge in [-0.2, -0.15) is 0 Å². The molecule has 0 bridgehead atoms. The molecule has 2 aromatic rings. The summed E-state index contributed by atoms with van der Waals surface area (Å²) in [5, 5.41) is 6.63. The number of guanidine groups is 1. The molecule has 23 heavy (non-hydrogen) atoms. The number of halogens is 1. The maximum absolute atomic E-state index is 5.35. The molecule has 0 atom stereocenters. The van der Waals surface area contributed by atoms with Crippen LogP contribution in [-0.4, -0.2) is 26.7 Å². The lowest BCUT2D eigenvalue weighted by Gasteiger charge is -2.13. The molecule has 0 unspecified atom stereocenters. The van der Waals surface area contributed by atoms with Crippen LogP contribution in [0.15, 0.2) is 59.6 Å². The third-order valence-electron chi connectivity index (χ3n) is 3.41. The number of nitrogens with one attached hydrogen (secondary N) is 2. The molecule has 0 aliphatic heterocycles. The minimum Gasteiger partial charge on any atom is -0.496 e. The smallest absolute Gasteiger partial charge is 0.191 e. The van der Waals surface area contributed by atoms with Gasteiger partial charge in [0.25, 0.3) is 0 Å². The van der Waals surface area contributed by atoms with Crippen LogP contribution < -0.4 is 15.4 Å². The van der Waals surface area contributed by atoms with Crippen LogP contribution in [0.4, 0.5) is 0 Å². The van der Waals surface area contributed by atoms with E-state index in [0.29, 0.717) is 6.54 Å². The van der Waals surface area contributed by atoms with E-state index in [1.54, 1.807) is 14.2 Å². The van der Waals surface area contributed by atoms with E-state index in [-0.39, 0.29) is 24.0 Å². The summed E-state index contributed by atoms with van der Waals surface area (Å²) in [6, 6.07) is 18.4. The molecule has 0 saturated heterocycles. The maximum Gasteiger partial charge on any atom is 0.191 e. The average Bonchev–Trinajstić information content (AvgIpc) is 2.59. The standard InChI is InChI=1S/C18H23N3O.HI/c1-19-18(20-13-12-15-8-4-3-5-9-15)21-14-16-10-6-7-11-17(16)22-2;/h3-11H,12-14H2,1-2H3,(H2,19,20,21);1H. The van der Waals surface area contributed by atoms with Gasteiger partial charge in [-0.05, 0) is 18.1 Å². The summed E-state index contributed by atoms with van der Waals surface area (Å²) in [6.45, 7) is 1.52. The van der Waals surface area contributed by atoms with Gasteiger partial charge in [0.2, 0.25) is 0 Å². The van der Waals surface area contributed by atoms with Crippen LogP contribution in [0.3, 0.4) is 0 Å². The number of para-hydroxylation sites is 1. The van der Waals surface area contributed by atoms with Crippen molar-refractivity contribution in [3.63, 3.8) is 0 Å². The second-order valence-corrected chi connectivity index (χ2v) is 4.90. The number of ether oxygens (including phenoxy) is 1. The molecular weight excluding hydrogens is 401 g/mol. The summed E-state index contributed by atoms with van der Waals surface area (Å²) >= 11 is 0.